The zero-order valence-corrected chi connectivity index (χ0v) is 10.3. The molecule has 0 saturated heterocycles. The number of carbonyl (C=O) groups is 1. The molecule has 3 nitrogen and oxygen atoms in total. The van der Waals surface area contributed by atoms with Crippen molar-refractivity contribution in [1.82, 2.24) is 4.57 Å². The second-order valence-corrected chi connectivity index (χ2v) is 4.19. The summed E-state index contributed by atoms with van der Waals surface area (Å²) in [5, 5.41) is 0.980. The van der Waals surface area contributed by atoms with Gasteiger partial charge in [0.1, 0.15) is 0 Å². The molecular formula is C14H15NO2. The first kappa shape index (κ1) is 11.6. The van der Waals surface area contributed by atoms with Gasteiger partial charge in [0.05, 0.1) is 11.1 Å². The van der Waals surface area contributed by atoms with Crippen molar-refractivity contribution >= 4 is 17.2 Å². The second kappa shape index (κ2) is 4.17. The van der Waals surface area contributed by atoms with E-state index in [0.29, 0.717) is 6.29 Å². The molecule has 0 atom stereocenters. The van der Waals surface area contributed by atoms with Crippen LogP contribution in [0.5, 0.6) is 0 Å². The highest BCUT2D eigenvalue weighted by molar-refractivity contribution is 5.92. The molecule has 0 radical (unpaired) electrons. The van der Waals surface area contributed by atoms with Gasteiger partial charge in [0, 0.05) is 12.4 Å². The standard InChI is InChI=1S/C14H15NO2/c1-4-10-6-5-7-11-9(2)12(8-16)14(17)15(3)13(10)11/h5-8H,4H2,1-3H3. The first-order valence-corrected chi connectivity index (χ1v) is 5.68. The molecule has 3 heteroatoms. The summed E-state index contributed by atoms with van der Waals surface area (Å²) in [6.07, 6.45) is 1.51. The van der Waals surface area contributed by atoms with Gasteiger partial charge < -0.3 is 4.57 Å². The highest BCUT2D eigenvalue weighted by atomic mass is 16.1. The molecule has 88 valence electrons. The van der Waals surface area contributed by atoms with E-state index in [1.54, 1.807) is 11.6 Å². The summed E-state index contributed by atoms with van der Waals surface area (Å²) in [7, 11) is 1.72. The quantitative estimate of drug-likeness (QED) is 0.741. The van der Waals surface area contributed by atoms with Crippen molar-refractivity contribution in [2.75, 3.05) is 0 Å². The Labute approximate surface area is 99.7 Å². The lowest BCUT2D eigenvalue weighted by molar-refractivity contribution is 0.112. The third kappa shape index (κ3) is 1.58. The van der Waals surface area contributed by atoms with E-state index in [-0.39, 0.29) is 11.1 Å². The Balaban J connectivity index is 3.09. The van der Waals surface area contributed by atoms with Crippen LogP contribution in [0.15, 0.2) is 23.0 Å². The number of carbonyl (C=O) groups excluding carboxylic acids is 1. The average Bonchev–Trinajstić information content (AvgIpc) is 2.36. The zero-order valence-electron chi connectivity index (χ0n) is 10.3. The number of aromatic nitrogens is 1. The smallest absolute Gasteiger partial charge is 0.261 e. The Hall–Kier alpha value is -1.90. The molecular weight excluding hydrogens is 214 g/mol. The van der Waals surface area contributed by atoms with Crippen molar-refractivity contribution in [3.63, 3.8) is 0 Å². The Kier molecular flexibility index (Phi) is 2.84. The number of hydrogen-bond acceptors (Lipinski definition) is 2. The van der Waals surface area contributed by atoms with Crippen LogP contribution in [0.4, 0.5) is 0 Å². The van der Waals surface area contributed by atoms with E-state index in [2.05, 4.69) is 6.92 Å². The molecule has 0 aliphatic heterocycles. The lowest BCUT2D eigenvalue weighted by Gasteiger charge is -2.13. The summed E-state index contributed by atoms with van der Waals surface area (Å²) in [6, 6.07) is 5.94. The van der Waals surface area contributed by atoms with Gasteiger partial charge in [0.15, 0.2) is 6.29 Å². The highest BCUT2D eigenvalue weighted by Gasteiger charge is 2.12. The third-order valence-corrected chi connectivity index (χ3v) is 3.30. The van der Waals surface area contributed by atoms with E-state index in [4.69, 9.17) is 0 Å². The van der Waals surface area contributed by atoms with Gasteiger partial charge in [-0.1, -0.05) is 25.1 Å². The van der Waals surface area contributed by atoms with Crippen LogP contribution in [0.3, 0.4) is 0 Å². The predicted octanol–water partition coefficient (Wildman–Crippen LogP) is 2.22. The fraction of sp³-hybridized carbons (Fsp3) is 0.286. The van der Waals surface area contributed by atoms with Gasteiger partial charge in [-0.2, -0.15) is 0 Å². The minimum atomic E-state index is -0.217. The van der Waals surface area contributed by atoms with E-state index in [0.717, 1.165) is 28.5 Å². The molecule has 0 aliphatic carbocycles. The van der Waals surface area contributed by atoms with Gasteiger partial charge in [-0.3, -0.25) is 9.59 Å². The third-order valence-electron chi connectivity index (χ3n) is 3.30. The van der Waals surface area contributed by atoms with Gasteiger partial charge in [-0.15, -0.1) is 0 Å². The highest BCUT2D eigenvalue weighted by Crippen LogP contribution is 2.22. The van der Waals surface area contributed by atoms with Crippen LogP contribution < -0.4 is 5.56 Å². The number of hydrogen-bond donors (Lipinski definition) is 0. The van der Waals surface area contributed by atoms with Gasteiger partial charge >= 0.3 is 0 Å². The van der Waals surface area contributed by atoms with Crippen LogP contribution in [0.1, 0.15) is 28.4 Å². The van der Waals surface area contributed by atoms with Crippen molar-refractivity contribution in [3.05, 3.63) is 45.2 Å². The van der Waals surface area contributed by atoms with Crippen LogP contribution >= 0.6 is 0 Å². The molecule has 0 N–H and O–H groups in total. The number of fused-ring (bicyclic) bond motifs is 1. The molecule has 0 fully saturated rings. The van der Waals surface area contributed by atoms with Crippen LogP contribution in [-0.2, 0) is 13.5 Å². The number of rotatable bonds is 2. The molecule has 0 amide bonds. The van der Waals surface area contributed by atoms with Crippen LogP contribution in [0.2, 0.25) is 0 Å². The molecule has 2 aromatic rings. The second-order valence-electron chi connectivity index (χ2n) is 4.19. The lowest BCUT2D eigenvalue weighted by Crippen LogP contribution is -2.23. The number of aryl methyl sites for hydroxylation is 3. The number of nitrogens with zero attached hydrogens (tertiary/aromatic N) is 1. The Morgan fingerprint density at radius 1 is 1.35 bits per heavy atom. The number of aldehydes is 1. The zero-order chi connectivity index (χ0) is 12.6. The summed E-state index contributed by atoms with van der Waals surface area (Å²) < 4.78 is 1.57. The molecule has 2 rings (SSSR count). The normalized spacial score (nSPS) is 10.8. The molecule has 0 aliphatic rings. The molecule has 0 unspecified atom stereocenters. The molecule has 17 heavy (non-hydrogen) atoms. The number of pyridine rings is 1. The SMILES string of the molecule is CCc1cccc2c(C)c(C=O)c(=O)n(C)c12. The summed E-state index contributed by atoms with van der Waals surface area (Å²) in [6.45, 7) is 3.88. The van der Waals surface area contributed by atoms with Crippen molar-refractivity contribution < 1.29 is 4.79 Å². The Morgan fingerprint density at radius 2 is 2.06 bits per heavy atom. The summed E-state index contributed by atoms with van der Waals surface area (Å²) in [5.74, 6) is 0. The van der Waals surface area contributed by atoms with E-state index in [1.807, 2.05) is 25.1 Å². The minimum absolute atomic E-state index is 0.217. The van der Waals surface area contributed by atoms with Crippen LogP contribution in [0, 0.1) is 6.92 Å². The summed E-state index contributed by atoms with van der Waals surface area (Å²) >= 11 is 0. The monoisotopic (exact) mass is 229 g/mol. The van der Waals surface area contributed by atoms with Crippen molar-refractivity contribution in [2.24, 2.45) is 7.05 Å². The molecule has 1 heterocycles. The average molecular weight is 229 g/mol. The van der Waals surface area contributed by atoms with E-state index >= 15 is 0 Å². The van der Waals surface area contributed by atoms with Crippen molar-refractivity contribution in [1.29, 1.82) is 0 Å². The maximum absolute atomic E-state index is 12.0. The molecule has 0 spiro atoms. The lowest BCUT2D eigenvalue weighted by atomic mass is 10.0. The van der Waals surface area contributed by atoms with E-state index in [1.165, 1.54) is 0 Å². The van der Waals surface area contributed by atoms with Crippen LogP contribution in [0.25, 0.3) is 10.9 Å². The van der Waals surface area contributed by atoms with Gasteiger partial charge in [-0.25, -0.2) is 0 Å². The number of benzene rings is 1. The van der Waals surface area contributed by atoms with Crippen molar-refractivity contribution in [2.45, 2.75) is 20.3 Å². The first-order chi connectivity index (χ1) is 8.11. The topological polar surface area (TPSA) is 39.1 Å². The molecule has 0 saturated carbocycles. The van der Waals surface area contributed by atoms with Crippen molar-refractivity contribution in [3.8, 4) is 0 Å². The number of para-hydroxylation sites is 1. The van der Waals surface area contributed by atoms with E-state index in [9.17, 15) is 9.59 Å². The van der Waals surface area contributed by atoms with Gasteiger partial charge in [-0.05, 0) is 24.5 Å². The fourth-order valence-electron chi connectivity index (χ4n) is 2.30. The fourth-order valence-corrected chi connectivity index (χ4v) is 2.30. The Bertz CT molecular complexity index is 653. The largest absolute Gasteiger partial charge is 0.310 e. The maximum atomic E-state index is 12.0. The van der Waals surface area contributed by atoms with Crippen LogP contribution in [-0.4, -0.2) is 10.9 Å². The van der Waals surface area contributed by atoms with Gasteiger partial charge in [0.2, 0.25) is 0 Å². The summed E-state index contributed by atoms with van der Waals surface area (Å²) in [4.78, 5) is 23.0. The minimum Gasteiger partial charge on any atom is -0.310 e. The molecule has 1 aromatic heterocycles. The Morgan fingerprint density at radius 3 is 2.65 bits per heavy atom. The predicted molar refractivity (Wildman–Crippen MR) is 68.7 cm³/mol. The summed E-state index contributed by atoms with van der Waals surface area (Å²) in [5.41, 5.74) is 2.87. The molecule has 0 bridgehead atoms. The van der Waals surface area contributed by atoms with Gasteiger partial charge in [0.25, 0.3) is 5.56 Å². The van der Waals surface area contributed by atoms with E-state index < -0.39 is 0 Å². The first-order valence-electron chi connectivity index (χ1n) is 5.68. The maximum Gasteiger partial charge on any atom is 0.261 e. The molecule has 1 aromatic carbocycles.